The fraction of sp³-hybridized carbons (Fsp3) is 0.105. The van der Waals surface area contributed by atoms with Crippen molar-refractivity contribution in [1.29, 1.82) is 0 Å². The molecule has 0 heterocycles. The summed E-state index contributed by atoms with van der Waals surface area (Å²) in [4.78, 5) is 35.6. The van der Waals surface area contributed by atoms with E-state index in [1.54, 1.807) is 6.07 Å². The number of carbonyl (C=O) groups is 3. The lowest BCUT2D eigenvalue weighted by molar-refractivity contribution is -0.111. The number of amides is 1. The van der Waals surface area contributed by atoms with Gasteiger partial charge in [-0.05, 0) is 30.3 Å². The second-order valence-electron chi connectivity index (χ2n) is 5.09. The van der Waals surface area contributed by atoms with Crippen LogP contribution in [0, 0.1) is 5.82 Å². The van der Waals surface area contributed by atoms with Crippen LogP contribution in [0.1, 0.15) is 26.3 Å². The molecule has 1 amide bonds. The first kappa shape index (κ1) is 18.9. The Morgan fingerprint density at radius 1 is 1.00 bits per heavy atom. The molecular formula is C19H16FNO5. The molecule has 0 unspecified atom stereocenters. The highest BCUT2D eigenvalue weighted by molar-refractivity contribution is 6.07. The molecule has 0 bridgehead atoms. The number of ether oxygens (including phenoxy) is 2. The van der Waals surface area contributed by atoms with Crippen molar-refractivity contribution in [3.63, 3.8) is 0 Å². The highest BCUT2D eigenvalue weighted by Crippen LogP contribution is 2.20. The number of hydrogen-bond acceptors (Lipinski definition) is 5. The van der Waals surface area contributed by atoms with Gasteiger partial charge in [0.15, 0.2) is 0 Å². The highest BCUT2D eigenvalue weighted by Gasteiger charge is 2.16. The number of benzene rings is 2. The summed E-state index contributed by atoms with van der Waals surface area (Å²) in [5.74, 6) is -2.39. The summed E-state index contributed by atoms with van der Waals surface area (Å²) < 4.78 is 22.8. The molecule has 0 aliphatic rings. The Hall–Kier alpha value is -3.48. The first-order valence-electron chi connectivity index (χ1n) is 7.50. The molecule has 0 fully saturated rings. The molecule has 0 aliphatic carbocycles. The van der Waals surface area contributed by atoms with E-state index in [1.807, 2.05) is 0 Å². The van der Waals surface area contributed by atoms with Crippen molar-refractivity contribution in [2.24, 2.45) is 0 Å². The average molecular weight is 357 g/mol. The summed E-state index contributed by atoms with van der Waals surface area (Å²) in [7, 11) is 2.41. The van der Waals surface area contributed by atoms with Crippen molar-refractivity contribution >= 4 is 29.6 Å². The molecule has 1 N–H and O–H groups in total. The van der Waals surface area contributed by atoms with Crippen LogP contribution in [-0.4, -0.2) is 32.1 Å². The maximum atomic E-state index is 13.6. The Bertz CT molecular complexity index is 876. The van der Waals surface area contributed by atoms with E-state index in [0.717, 1.165) is 6.08 Å². The minimum atomic E-state index is -0.685. The Labute approximate surface area is 149 Å². The molecule has 0 spiro atoms. The van der Waals surface area contributed by atoms with E-state index in [2.05, 4.69) is 14.8 Å². The van der Waals surface area contributed by atoms with Gasteiger partial charge in [0, 0.05) is 11.6 Å². The number of methoxy groups -OCH3 is 2. The van der Waals surface area contributed by atoms with Gasteiger partial charge in [-0.2, -0.15) is 0 Å². The number of hydrogen-bond donors (Lipinski definition) is 1. The second-order valence-corrected chi connectivity index (χ2v) is 5.09. The Morgan fingerprint density at radius 3 is 2.35 bits per heavy atom. The molecule has 134 valence electrons. The van der Waals surface area contributed by atoms with Crippen molar-refractivity contribution in [1.82, 2.24) is 0 Å². The van der Waals surface area contributed by atoms with E-state index in [1.165, 1.54) is 56.7 Å². The zero-order valence-electron chi connectivity index (χ0n) is 14.1. The smallest absolute Gasteiger partial charge is 0.339 e. The van der Waals surface area contributed by atoms with Crippen LogP contribution in [0.3, 0.4) is 0 Å². The van der Waals surface area contributed by atoms with Crippen LogP contribution in [0.25, 0.3) is 6.08 Å². The molecule has 0 saturated carbocycles. The third-order valence-electron chi connectivity index (χ3n) is 3.42. The summed E-state index contributed by atoms with van der Waals surface area (Å²) in [5.41, 5.74) is 0.517. The molecule has 6 nitrogen and oxygen atoms in total. The lowest BCUT2D eigenvalue weighted by Gasteiger charge is -2.10. The molecule has 0 aliphatic heterocycles. The van der Waals surface area contributed by atoms with Gasteiger partial charge in [-0.25, -0.2) is 14.0 Å². The Kier molecular flexibility index (Phi) is 6.21. The van der Waals surface area contributed by atoms with Crippen LogP contribution in [0.2, 0.25) is 0 Å². The quantitative estimate of drug-likeness (QED) is 0.657. The fourth-order valence-electron chi connectivity index (χ4n) is 2.13. The van der Waals surface area contributed by atoms with Crippen LogP contribution in [0.4, 0.5) is 10.1 Å². The zero-order valence-corrected chi connectivity index (χ0v) is 14.1. The first-order valence-corrected chi connectivity index (χ1v) is 7.50. The number of esters is 2. The third-order valence-corrected chi connectivity index (χ3v) is 3.42. The number of carbonyl (C=O) groups excluding carboxylic acids is 3. The second kappa shape index (κ2) is 8.57. The number of rotatable bonds is 5. The van der Waals surface area contributed by atoms with Crippen molar-refractivity contribution in [3.05, 3.63) is 71.0 Å². The summed E-state index contributed by atoms with van der Waals surface area (Å²) in [5, 5.41) is 2.48. The van der Waals surface area contributed by atoms with Crippen molar-refractivity contribution in [3.8, 4) is 0 Å². The lowest BCUT2D eigenvalue weighted by Crippen LogP contribution is -2.14. The molecule has 2 rings (SSSR count). The maximum absolute atomic E-state index is 13.6. The Morgan fingerprint density at radius 2 is 1.69 bits per heavy atom. The predicted molar refractivity (Wildman–Crippen MR) is 93.2 cm³/mol. The van der Waals surface area contributed by atoms with Gasteiger partial charge in [0.2, 0.25) is 5.91 Å². The van der Waals surface area contributed by atoms with Gasteiger partial charge in [-0.1, -0.05) is 18.2 Å². The molecule has 0 atom stereocenters. The summed E-state index contributed by atoms with van der Waals surface area (Å²) >= 11 is 0. The van der Waals surface area contributed by atoms with Crippen molar-refractivity contribution < 1.29 is 28.2 Å². The molecule has 2 aromatic rings. The van der Waals surface area contributed by atoms with Crippen LogP contribution in [0.5, 0.6) is 0 Å². The standard InChI is InChI=1S/C19H16FNO5/c1-25-18(23)13-7-9-14(19(24)26-2)16(11-13)21-17(22)10-8-12-5-3-4-6-15(12)20/h3-11H,1-2H3,(H,21,22)/b10-8+. The van der Waals surface area contributed by atoms with Crippen LogP contribution < -0.4 is 5.32 Å². The first-order chi connectivity index (χ1) is 12.5. The third kappa shape index (κ3) is 4.54. The Balaban J connectivity index is 2.28. The van der Waals surface area contributed by atoms with Gasteiger partial charge >= 0.3 is 11.9 Å². The predicted octanol–water partition coefficient (Wildman–Crippen LogP) is 3.05. The molecular weight excluding hydrogens is 341 g/mol. The summed E-state index contributed by atoms with van der Waals surface area (Å²) in [6.07, 6.45) is 2.41. The number of anilines is 1. The monoisotopic (exact) mass is 357 g/mol. The minimum absolute atomic E-state index is 0.0628. The molecule has 0 aromatic heterocycles. The van der Waals surface area contributed by atoms with Gasteiger partial charge in [-0.3, -0.25) is 4.79 Å². The minimum Gasteiger partial charge on any atom is -0.465 e. The molecule has 2 aromatic carbocycles. The SMILES string of the molecule is COC(=O)c1ccc(C(=O)OC)c(NC(=O)/C=C/c2ccccc2F)c1. The fourth-order valence-corrected chi connectivity index (χ4v) is 2.13. The molecule has 7 heteroatoms. The van der Waals surface area contributed by atoms with Gasteiger partial charge in [0.1, 0.15) is 5.82 Å². The van der Waals surface area contributed by atoms with Crippen LogP contribution in [0.15, 0.2) is 48.5 Å². The highest BCUT2D eigenvalue weighted by atomic mass is 19.1. The van der Waals surface area contributed by atoms with Gasteiger partial charge in [0.25, 0.3) is 0 Å². The zero-order chi connectivity index (χ0) is 19.1. The van der Waals surface area contributed by atoms with Gasteiger partial charge < -0.3 is 14.8 Å². The summed E-state index contributed by atoms with van der Waals surface area (Å²) in [6, 6.07) is 9.97. The van der Waals surface area contributed by atoms with E-state index in [-0.39, 0.29) is 22.4 Å². The van der Waals surface area contributed by atoms with Crippen LogP contribution >= 0.6 is 0 Å². The van der Waals surface area contributed by atoms with E-state index >= 15 is 0 Å². The molecule has 26 heavy (non-hydrogen) atoms. The molecule has 0 radical (unpaired) electrons. The van der Waals surface area contributed by atoms with E-state index in [4.69, 9.17) is 0 Å². The van der Waals surface area contributed by atoms with Crippen molar-refractivity contribution in [2.45, 2.75) is 0 Å². The molecule has 0 saturated heterocycles. The van der Waals surface area contributed by atoms with Gasteiger partial charge in [-0.15, -0.1) is 0 Å². The van der Waals surface area contributed by atoms with Crippen molar-refractivity contribution in [2.75, 3.05) is 19.5 Å². The maximum Gasteiger partial charge on any atom is 0.339 e. The average Bonchev–Trinajstić information content (AvgIpc) is 2.66. The lowest BCUT2D eigenvalue weighted by atomic mass is 10.1. The summed E-state index contributed by atoms with van der Waals surface area (Å²) in [6.45, 7) is 0. The largest absolute Gasteiger partial charge is 0.465 e. The number of nitrogens with one attached hydrogen (secondary N) is 1. The normalized spacial score (nSPS) is 10.4. The topological polar surface area (TPSA) is 81.7 Å². The van der Waals surface area contributed by atoms with E-state index in [0.29, 0.717) is 0 Å². The van der Waals surface area contributed by atoms with E-state index < -0.39 is 23.7 Å². The van der Waals surface area contributed by atoms with Gasteiger partial charge in [0.05, 0.1) is 31.0 Å². The van der Waals surface area contributed by atoms with Crippen LogP contribution in [-0.2, 0) is 14.3 Å². The number of halogens is 1. The van der Waals surface area contributed by atoms with E-state index in [9.17, 15) is 18.8 Å².